The monoisotopic (exact) mass is 399 g/mol. The predicted molar refractivity (Wildman–Crippen MR) is 109 cm³/mol. The molecule has 1 aromatic carbocycles. The van der Waals surface area contributed by atoms with E-state index in [1.165, 1.54) is 16.0 Å². The van der Waals surface area contributed by atoms with Gasteiger partial charge in [-0.25, -0.2) is 9.48 Å². The highest BCUT2D eigenvalue weighted by Gasteiger charge is 2.20. The number of aromatic nitrogens is 2. The lowest BCUT2D eigenvalue weighted by molar-refractivity contribution is -0.115. The van der Waals surface area contributed by atoms with Gasteiger partial charge in [-0.05, 0) is 25.5 Å². The first kappa shape index (κ1) is 19.8. The van der Waals surface area contributed by atoms with E-state index in [2.05, 4.69) is 10.4 Å². The summed E-state index contributed by atoms with van der Waals surface area (Å²) in [4.78, 5) is 38.0. The van der Waals surface area contributed by atoms with Gasteiger partial charge >= 0.3 is 5.97 Å². The molecule has 3 aromatic rings. The quantitative estimate of drug-likeness (QED) is 0.644. The Bertz CT molecular complexity index is 1100. The second kappa shape index (κ2) is 8.35. The minimum absolute atomic E-state index is 0.0176. The molecule has 3 rings (SSSR count). The van der Waals surface area contributed by atoms with Crippen molar-refractivity contribution in [2.45, 2.75) is 26.7 Å². The van der Waals surface area contributed by atoms with E-state index in [4.69, 9.17) is 4.74 Å². The summed E-state index contributed by atoms with van der Waals surface area (Å²) in [7, 11) is 1.56. The molecule has 0 aliphatic heterocycles. The molecule has 0 aliphatic rings. The SMILES string of the molecule is CCOC(=O)c1cc(CC)sc1NC(=O)Cc1nn(C)c(=O)c2ccccc12. The summed E-state index contributed by atoms with van der Waals surface area (Å²) < 4.78 is 6.31. The van der Waals surface area contributed by atoms with Gasteiger partial charge in [-0.2, -0.15) is 5.10 Å². The topological polar surface area (TPSA) is 90.3 Å². The Labute approximate surface area is 165 Å². The van der Waals surface area contributed by atoms with Crippen molar-refractivity contribution in [3.8, 4) is 0 Å². The Kier molecular flexibility index (Phi) is 5.89. The molecule has 0 saturated heterocycles. The number of nitrogens with one attached hydrogen (secondary N) is 1. The zero-order valence-corrected chi connectivity index (χ0v) is 16.8. The maximum atomic E-state index is 12.7. The van der Waals surface area contributed by atoms with Gasteiger partial charge in [0, 0.05) is 17.3 Å². The third-order valence-electron chi connectivity index (χ3n) is 4.24. The van der Waals surface area contributed by atoms with Crippen LogP contribution in [-0.2, 0) is 29.4 Å². The number of carbonyl (C=O) groups excluding carboxylic acids is 2. The molecule has 0 atom stereocenters. The largest absolute Gasteiger partial charge is 0.462 e. The minimum atomic E-state index is -0.459. The van der Waals surface area contributed by atoms with Crippen molar-refractivity contribution in [1.29, 1.82) is 0 Å². The number of aryl methyl sites for hydroxylation is 2. The first-order valence-corrected chi connectivity index (χ1v) is 9.80. The average Bonchev–Trinajstić information content (AvgIpc) is 3.09. The molecule has 0 radical (unpaired) electrons. The van der Waals surface area contributed by atoms with Gasteiger partial charge in [0.05, 0.1) is 29.7 Å². The second-order valence-corrected chi connectivity index (χ2v) is 7.31. The van der Waals surface area contributed by atoms with Gasteiger partial charge in [0.2, 0.25) is 5.91 Å². The molecule has 1 N–H and O–H groups in total. The van der Waals surface area contributed by atoms with Gasteiger partial charge in [0.1, 0.15) is 5.00 Å². The maximum absolute atomic E-state index is 12.7. The van der Waals surface area contributed by atoms with E-state index in [0.29, 0.717) is 27.0 Å². The number of ether oxygens (including phenoxy) is 1. The molecule has 0 bridgehead atoms. The highest BCUT2D eigenvalue weighted by molar-refractivity contribution is 7.16. The molecule has 7 nitrogen and oxygen atoms in total. The number of hydrogen-bond acceptors (Lipinski definition) is 6. The standard InChI is InChI=1S/C20H21N3O4S/c1-4-12-10-15(20(26)27-5-2)18(28-12)21-17(24)11-16-13-8-6-7-9-14(13)19(25)23(3)22-16/h6-10H,4-5,11H2,1-3H3,(H,21,24). The van der Waals surface area contributed by atoms with Gasteiger partial charge in [0.25, 0.3) is 5.56 Å². The number of rotatable bonds is 6. The average molecular weight is 399 g/mol. The first-order chi connectivity index (χ1) is 13.4. The van der Waals surface area contributed by atoms with Crippen LogP contribution < -0.4 is 10.9 Å². The van der Waals surface area contributed by atoms with Crippen LogP contribution in [0.4, 0.5) is 5.00 Å². The van der Waals surface area contributed by atoms with E-state index in [9.17, 15) is 14.4 Å². The van der Waals surface area contributed by atoms with Gasteiger partial charge in [0.15, 0.2) is 0 Å². The summed E-state index contributed by atoms with van der Waals surface area (Å²) in [6.07, 6.45) is 0.732. The molecule has 8 heteroatoms. The summed E-state index contributed by atoms with van der Waals surface area (Å²) in [5.41, 5.74) is 0.644. The molecule has 0 fully saturated rings. The van der Waals surface area contributed by atoms with Gasteiger partial charge in [-0.1, -0.05) is 25.1 Å². The van der Waals surface area contributed by atoms with Crippen molar-refractivity contribution >= 4 is 39.0 Å². The number of hydrogen-bond donors (Lipinski definition) is 1. The van der Waals surface area contributed by atoms with E-state index in [1.54, 1.807) is 44.3 Å². The fraction of sp³-hybridized carbons (Fsp3) is 0.300. The van der Waals surface area contributed by atoms with E-state index >= 15 is 0 Å². The van der Waals surface area contributed by atoms with Gasteiger partial charge in [-0.3, -0.25) is 9.59 Å². The van der Waals surface area contributed by atoms with Crippen molar-refractivity contribution in [3.05, 3.63) is 56.8 Å². The highest BCUT2D eigenvalue weighted by atomic mass is 32.1. The van der Waals surface area contributed by atoms with E-state index in [1.807, 2.05) is 6.92 Å². The summed E-state index contributed by atoms with van der Waals surface area (Å²) in [6.45, 7) is 3.98. The van der Waals surface area contributed by atoms with Crippen molar-refractivity contribution in [1.82, 2.24) is 9.78 Å². The number of amides is 1. The normalized spacial score (nSPS) is 10.8. The molecular formula is C20H21N3O4S. The number of thiophene rings is 1. The van der Waals surface area contributed by atoms with Crippen LogP contribution in [0.2, 0.25) is 0 Å². The van der Waals surface area contributed by atoms with Crippen LogP contribution in [0.5, 0.6) is 0 Å². The van der Waals surface area contributed by atoms with Crippen LogP contribution in [0.3, 0.4) is 0 Å². The van der Waals surface area contributed by atoms with Crippen molar-refractivity contribution in [2.24, 2.45) is 7.05 Å². The predicted octanol–water partition coefficient (Wildman–Crippen LogP) is 2.92. The van der Waals surface area contributed by atoms with Crippen molar-refractivity contribution < 1.29 is 14.3 Å². The Hall–Kier alpha value is -3.00. The van der Waals surface area contributed by atoms with E-state index < -0.39 is 5.97 Å². The smallest absolute Gasteiger partial charge is 0.341 e. The van der Waals surface area contributed by atoms with Crippen molar-refractivity contribution in [2.75, 3.05) is 11.9 Å². The van der Waals surface area contributed by atoms with Crippen LogP contribution >= 0.6 is 11.3 Å². The summed E-state index contributed by atoms with van der Waals surface area (Å²) in [6, 6.07) is 8.81. The third-order valence-corrected chi connectivity index (χ3v) is 5.44. The molecular weight excluding hydrogens is 378 g/mol. The van der Waals surface area contributed by atoms with Crippen LogP contribution in [0, 0.1) is 0 Å². The zero-order chi connectivity index (χ0) is 20.3. The number of anilines is 1. The second-order valence-electron chi connectivity index (χ2n) is 6.18. The van der Waals surface area contributed by atoms with Crippen molar-refractivity contribution in [3.63, 3.8) is 0 Å². The van der Waals surface area contributed by atoms with E-state index in [-0.39, 0.29) is 24.5 Å². The van der Waals surface area contributed by atoms with Gasteiger partial charge < -0.3 is 10.1 Å². The Morgan fingerprint density at radius 3 is 2.61 bits per heavy atom. The Morgan fingerprint density at radius 2 is 1.93 bits per heavy atom. The number of nitrogens with zero attached hydrogens (tertiary/aromatic N) is 2. The number of carbonyl (C=O) groups is 2. The molecule has 0 saturated carbocycles. The Balaban J connectivity index is 1.89. The lowest BCUT2D eigenvalue weighted by atomic mass is 10.1. The summed E-state index contributed by atoms with van der Waals surface area (Å²) in [5.74, 6) is -0.772. The molecule has 0 unspecified atom stereocenters. The first-order valence-electron chi connectivity index (χ1n) is 8.99. The van der Waals surface area contributed by atoms with E-state index in [0.717, 1.165) is 11.3 Å². The molecule has 28 heavy (non-hydrogen) atoms. The Morgan fingerprint density at radius 1 is 1.21 bits per heavy atom. The third kappa shape index (κ3) is 3.96. The summed E-state index contributed by atoms with van der Waals surface area (Å²) in [5, 5.41) is 8.67. The molecule has 2 heterocycles. The van der Waals surface area contributed by atoms with Crippen LogP contribution in [0.25, 0.3) is 10.8 Å². The highest BCUT2D eigenvalue weighted by Crippen LogP contribution is 2.29. The number of benzene rings is 1. The zero-order valence-electron chi connectivity index (χ0n) is 15.9. The molecule has 2 aromatic heterocycles. The summed E-state index contributed by atoms with van der Waals surface area (Å²) >= 11 is 1.35. The van der Waals surface area contributed by atoms with Crippen LogP contribution in [-0.4, -0.2) is 28.3 Å². The molecule has 146 valence electrons. The maximum Gasteiger partial charge on any atom is 0.341 e. The fourth-order valence-electron chi connectivity index (χ4n) is 2.90. The molecule has 1 amide bonds. The molecule has 0 spiro atoms. The number of esters is 1. The fourth-order valence-corrected chi connectivity index (χ4v) is 3.90. The lowest BCUT2D eigenvalue weighted by Gasteiger charge is -2.09. The van der Waals surface area contributed by atoms with Crippen LogP contribution in [0.15, 0.2) is 35.1 Å². The lowest BCUT2D eigenvalue weighted by Crippen LogP contribution is -2.24. The molecule has 0 aliphatic carbocycles. The number of fused-ring (bicyclic) bond motifs is 1. The minimum Gasteiger partial charge on any atom is -0.462 e. The van der Waals surface area contributed by atoms with Crippen LogP contribution in [0.1, 0.15) is 34.8 Å². The van der Waals surface area contributed by atoms with Gasteiger partial charge in [-0.15, -0.1) is 11.3 Å².